The number of nitrogens with one attached hydrogen (secondary N) is 1. The lowest BCUT2D eigenvalue weighted by Crippen LogP contribution is -2.30. The number of carbonyl (C=O) groups excluding carboxylic acids is 1. The molecular weight excluding hydrogens is 274 g/mol. The van der Waals surface area contributed by atoms with E-state index in [0.29, 0.717) is 12.3 Å². The summed E-state index contributed by atoms with van der Waals surface area (Å²) < 4.78 is 0. The molecule has 1 unspecified atom stereocenters. The van der Waals surface area contributed by atoms with Crippen molar-refractivity contribution in [1.82, 2.24) is 5.32 Å². The third-order valence-corrected chi connectivity index (χ3v) is 3.91. The van der Waals surface area contributed by atoms with Gasteiger partial charge in [-0.2, -0.15) is 5.26 Å². The summed E-state index contributed by atoms with van der Waals surface area (Å²) in [6.45, 7) is 0. The molecular formula is C18H17N3O. The number of aliphatic imine (C=N–C) groups is 1. The summed E-state index contributed by atoms with van der Waals surface area (Å²) in [5.74, 6) is 0.163. The average Bonchev–Trinajstić information content (AvgIpc) is 3.27. The van der Waals surface area contributed by atoms with Crippen molar-refractivity contribution in [3.05, 3.63) is 59.3 Å². The Hall–Kier alpha value is -2.67. The summed E-state index contributed by atoms with van der Waals surface area (Å²) in [5.41, 5.74) is 2.12. The number of carbonyl (C=O) groups is 1. The standard InChI is InChI=1S/C18H17N3O/c19-11-16(10-13-8-9-20-12-13)18(22)21-17(15-6-7-15)14-4-2-1-3-5-14/h1-5,9-10,12,15,17H,6-8H2,(H,21,22)/b16-10+. The van der Waals surface area contributed by atoms with Crippen LogP contribution < -0.4 is 5.32 Å². The predicted molar refractivity (Wildman–Crippen MR) is 84.9 cm³/mol. The highest BCUT2D eigenvalue weighted by Gasteiger charge is 2.33. The molecule has 1 fully saturated rings. The summed E-state index contributed by atoms with van der Waals surface area (Å²) in [5, 5.41) is 12.3. The van der Waals surface area contributed by atoms with Crippen LogP contribution in [0.1, 0.15) is 30.9 Å². The van der Waals surface area contributed by atoms with Crippen molar-refractivity contribution in [1.29, 1.82) is 5.26 Å². The molecule has 2 aliphatic rings. The zero-order valence-electron chi connectivity index (χ0n) is 12.2. The van der Waals surface area contributed by atoms with Gasteiger partial charge in [-0.15, -0.1) is 0 Å². The van der Waals surface area contributed by atoms with Crippen LogP contribution in [0.3, 0.4) is 0 Å². The zero-order chi connectivity index (χ0) is 15.4. The normalized spacial score (nSPS) is 18.5. The summed E-state index contributed by atoms with van der Waals surface area (Å²) in [6.07, 6.45) is 7.96. The van der Waals surface area contributed by atoms with Crippen LogP contribution in [0.2, 0.25) is 0 Å². The van der Waals surface area contributed by atoms with Crippen molar-refractivity contribution in [2.24, 2.45) is 10.9 Å². The molecule has 0 aromatic heterocycles. The number of hydrogen-bond acceptors (Lipinski definition) is 3. The second-order valence-corrected chi connectivity index (χ2v) is 5.61. The van der Waals surface area contributed by atoms with Crippen LogP contribution in [0.25, 0.3) is 0 Å². The number of hydrogen-bond donors (Lipinski definition) is 1. The van der Waals surface area contributed by atoms with Crippen LogP contribution in [0.5, 0.6) is 0 Å². The number of allylic oxidation sites excluding steroid dienone is 2. The lowest BCUT2D eigenvalue weighted by atomic mass is 10.0. The Morgan fingerprint density at radius 3 is 2.73 bits per heavy atom. The van der Waals surface area contributed by atoms with Crippen LogP contribution in [0.15, 0.2) is 58.7 Å². The van der Waals surface area contributed by atoms with Gasteiger partial charge in [-0.1, -0.05) is 30.3 Å². The fourth-order valence-corrected chi connectivity index (χ4v) is 2.57. The number of benzene rings is 1. The minimum absolute atomic E-state index is 0.0146. The van der Waals surface area contributed by atoms with E-state index in [4.69, 9.17) is 0 Å². The molecule has 0 saturated heterocycles. The summed E-state index contributed by atoms with van der Waals surface area (Å²) in [6, 6.07) is 11.9. The van der Waals surface area contributed by atoms with E-state index in [9.17, 15) is 10.1 Å². The maximum atomic E-state index is 12.4. The predicted octanol–water partition coefficient (Wildman–Crippen LogP) is 3.06. The van der Waals surface area contributed by atoms with Gasteiger partial charge in [-0.25, -0.2) is 0 Å². The quantitative estimate of drug-likeness (QED) is 0.669. The summed E-state index contributed by atoms with van der Waals surface area (Å²) >= 11 is 0. The number of nitrogens with zero attached hydrogens (tertiary/aromatic N) is 2. The molecule has 4 heteroatoms. The fourth-order valence-electron chi connectivity index (χ4n) is 2.57. The molecule has 22 heavy (non-hydrogen) atoms. The third-order valence-electron chi connectivity index (χ3n) is 3.91. The second-order valence-electron chi connectivity index (χ2n) is 5.61. The minimum atomic E-state index is -0.309. The third kappa shape index (κ3) is 3.32. The van der Waals surface area contributed by atoms with Crippen LogP contribution in [-0.2, 0) is 4.79 Å². The van der Waals surface area contributed by atoms with Gasteiger partial charge < -0.3 is 5.32 Å². The number of amides is 1. The topological polar surface area (TPSA) is 65.2 Å². The van der Waals surface area contributed by atoms with E-state index in [1.807, 2.05) is 36.4 Å². The van der Waals surface area contributed by atoms with Crippen molar-refractivity contribution in [2.75, 3.05) is 0 Å². The van der Waals surface area contributed by atoms with Crippen molar-refractivity contribution in [3.8, 4) is 6.07 Å². The van der Waals surface area contributed by atoms with Gasteiger partial charge in [-0.05, 0) is 36.0 Å². The van der Waals surface area contributed by atoms with Crippen molar-refractivity contribution in [2.45, 2.75) is 25.3 Å². The van der Waals surface area contributed by atoms with Gasteiger partial charge in [0, 0.05) is 18.8 Å². The van der Waals surface area contributed by atoms with Gasteiger partial charge in [0.15, 0.2) is 0 Å². The molecule has 1 amide bonds. The van der Waals surface area contributed by atoms with Gasteiger partial charge in [0.25, 0.3) is 5.91 Å². The lowest BCUT2D eigenvalue weighted by Gasteiger charge is -2.18. The van der Waals surface area contributed by atoms with Gasteiger partial charge in [0.2, 0.25) is 0 Å². The van der Waals surface area contributed by atoms with Gasteiger partial charge in [-0.3, -0.25) is 9.79 Å². The molecule has 1 aliphatic carbocycles. The van der Waals surface area contributed by atoms with Crippen molar-refractivity contribution >= 4 is 12.1 Å². The second kappa shape index (κ2) is 6.40. The molecule has 1 saturated carbocycles. The molecule has 1 aromatic rings. The first kappa shape index (κ1) is 14.3. The SMILES string of the molecule is N#C/C(=C\C1=CN=CC1)C(=O)NC(c1ccccc1)C1CC1. The highest BCUT2D eigenvalue weighted by Crippen LogP contribution is 2.41. The van der Waals surface area contributed by atoms with E-state index in [2.05, 4.69) is 10.3 Å². The maximum absolute atomic E-state index is 12.4. The molecule has 110 valence electrons. The summed E-state index contributed by atoms with van der Waals surface area (Å²) in [7, 11) is 0. The first-order valence-corrected chi connectivity index (χ1v) is 7.46. The minimum Gasteiger partial charge on any atom is -0.344 e. The molecule has 1 aliphatic heterocycles. The zero-order valence-corrected chi connectivity index (χ0v) is 12.2. The van der Waals surface area contributed by atoms with E-state index >= 15 is 0 Å². The Kier molecular flexibility index (Phi) is 4.15. The van der Waals surface area contributed by atoms with Crippen molar-refractivity contribution < 1.29 is 4.79 Å². The van der Waals surface area contributed by atoms with Crippen LogP contribution in [-0.4, -0.2) is 12.1 Å². The molecule has 0 bridgehead atoms. The van der Waals surface area contributed by atoms with E-state index in [0.717, 1.165) is 24.0 Å². The fraction of sp³-hybridized carbons (Fsp3) is 0.278. The van der Waals surface area contributed by atoms with E-state index in [1.165, 1.54) is 0 Å². The van der Waals surface area contributed by atoms with Crippen LogP contribution >= 0.6 is 0 Å². The van der Waals surface area contributed by atoms with Gasteiger partial charge >= 0.3 is 0 Å². The lowest BCUT2D eigenvalue weighted by molar-refractivity contribution is -0.118. The summed E-state index contributed by atoms with van der Waals surface area (Å²) in [4.78, 5) is 16.4. The number of rotatable bonds is 5. The molecule has 0 radical (unpaired) electrons. The Balaban J connectivity index is 1.75. The molecule has 1 heterocycles. The first-order chi connectivity index (χ1) is 10.8. The molecule has 0 spiro atoms. The highest BCUT2D eigenvalue weighted by molar-refractivity contribution is 5.98. The average molecular weight is 291 g/mol. The monoisotopic (exact) mass is 291 g/mol. The molecule has 1 atom stereocenters. The van der Waals surface area contributed by atoms with Gasteiger partial charge in [0.1, 0.15) is 11.6 Å². The smallest absolute Gasteiger partial charge is 0.262 e. The van der Waals surface area contributed by atoms with E-state index in [1.54, 1.807) is 18.5 Å². The van der Waals surface area contributed by atoms with Crippen LogP contribution in [0, 0.1) is 17.2 Å². The van der Waals surface area contributed by atoms with Crippen molar-refractivity contribution in [3.63, 3.8) is 0 Å². The molecule has 3 rings (SSSR count). The Bertz CT molecular complexity index is 691. The van der Waals surface area contributed by atoms with E-state index in [-0.39, 0.29) is 17.5 Å². The van der Waals surface area contributed by atoms with Crippen LogP contribution in [0.4, 0.5) is 0 Å². The Morgan fingerprint density at radius 1 is 1.36 bits per heavy atom. The number of nitriles is 1. The highest BCUT2D eigenvalue weighted by atomic mass is 16.1. The first-order valence-electron chi connectivity index (χ1n) is 7.46. The molecule has 1 aromatic carbocycles. The molecule has 4 nitrogen and oxygen atoms in total. The largest absolute Gasteiger partial charge is 0.344 e. The maximum Gasteiger partial charge on any atom is 0.262 e. The van der Waals surface area contributed by atoms with E-state index < -0.39 is 0 Å². The Labute approximate surface area is 129 Å². The van der Waals surface area contributed by atoms with Gasteiger partial charge in [0.05, 0.1) is 6.04 Å². The Morgan fingerprint density at radius 2 is 2.14 bits per heavy atom. The molecule has 1 N–H and O–H groups in total.